The van der Waals surface area contributed by atoms with Crippen molar-refractivity contribution < 1.29 is 5.11 Å². The molecule has 0 aromatic carbocycles. The summed E-state index contributed by atoms with van der Waals surface area (Å²) < 4.78 is 0. The van der Waals surface area contributed by atoms with Gasteiger partial charge in [0.1, 0.15) is 5.82 Å². The predicted molar refractivity (Wildman–Crippen MR) is 48.9 cm³/mol. The fourth-order valence-electron chi connectivity index (χ4n) is 0.970. The third-order valence-corrected chi connectivity index (χ3v) is 1.49. The molecule has 0 aliphatic heterocycles. The SMILES string of the molecule is CC(C)Nc1ncccc1CO. The number of aliphatic hydroxyl groups is 1. The maximum absolute atomic E-state index is 8.95. The lowest BCUT2D eigenvalue weighted by Crippen LogP contribution is -2.12. The van der Waals surface area contributed by atoms with Crippen molar-refractivity contribution in [3.05, 3.63) is 23.9 Å². The quantitative estimate of drug-likeness (QED) is 0.713. The first-order chi connectivity index (χ1) is 5.74. The van der Waals surface area contributed by atoms with Crippen molar-refractivity contribution in [3.8, 4) is 0 Å². The van der Waals surface area contributed by atoms with Gasteiger partial charge in [-0.1, -0.05) is 6.07 Å². The summed E-state index contributed by atoms with van der Waals surface area (Å²) in [5.74, 6) is 0.773. The predicted octanol–water partition coefficient (Wildman–Crippen LogP) is 1.39. The van der Waals surface area contributed by atoms with Gasteiger partial charge in [0.15, 0.2) is 0 Å². The van der Waals surface area contributed by atoms with Gasteiger partial charge in [-0.05, 0) is 19.9 Å². The standard InChI is InChI=1S/C9H14N2O/c1-7(2)11-9-8(6-12)4-3-5-10-9/h3-5,7,12H,6H2,1-2H3,(H,10,11). The molecule has 0 saturated heterocycles. The van der Waals surface area contributed by atoms with E-state index < -0.39 is 0 Å². The Morgan fingerprint density at radius 1 is 1.58 bits per heavy atom. The van der Waals surface area contributed by atoms with Crippen LogP contribution in [0.25, 0.3) is 0 Å². The van der Waals surface area contributed by atoms with Gasteiger partial charge in [0.2, 0.25) is 0 Å². The molecular formula is C9H14N2O. The zero-order valence-corrected chi connectivity index (χ0v) is 7.41. The summed E-state index contributed by atoms with van der Waals surface area (Å²) >= 11 is 0. The Morgan fingerprint density at radius 2 is 2.33 bits per heavy atom. The van der Waals surface area contributed by atoms with Crippen LogP contribution in [0, 0.1) is 0 Å². The van der Waals surface area contributed by atoms with Crippen molar-refractivity contribution in [1.29, 1.82) is 0 Å². The summed E-state index contributed by atoms with van der Waals surface area (Å²) in [6.45, 7) is 4.11. The van der Waals surface area contributed by atoms with E-state index in [1.165, 1.54) is 0 Å². The van der Waals surface area contributed by atoms with E-state index in [9.17, 15) is 0 Å². The number of pyridine rings is 1. The van der Waals surface area contributed by atoms with Crippen LogP contribution in [0.5, 0.6) is 0 Å². The number of hydrogen-bond donors (Lipinski definition) is 2. The Bertz CT molecular complexity index is 248. The molecule has 0 aliphatic carbocycles. The summed E-state index contributed by atoms with van der Waals surface area (Å²) in [4.78, 5) is 4.12. The second kappa shape index (κ2) is 4.07. The van der Waals surface area contributed by atoms with Gasteiger partial charge in [-0.2, -0.15) is 0 Å². The highest BCUT2D eigenvalue weighted by molar-refractivity contribution is 5.43. The van der Waals surface area contributed by atoms with Crippen molar-refractivity contribution in [3.63, 3.8) is 0 Å². The van der Waals surface area contributed by atoms with Crippen LogP contribution in [0.1, 0.15) is 19.4 Å². The van der Waals surface area contributed by atoms with Crippen molar-refractivity contribution in [1.82, 2.24) is 4.98 Å². The van der Waals surface area contributed by atoms with Crippen molar-refractivity contribution in [2.45, 2.75) is 26.5 Å². The molecule has 0 radical (unpaired) electrons. The second-order valence-electron chi connectivity index (χ2n) is 2.97. The molecule has 0 amide bonds. The molecule has 3 nitrogen and oxygen atoms in total. The first-order valence-corrected chi connectivity index (χ1v) is 4.05. The van der Waals surface area contributed by atoms with Gasteiger partial charge in [0.25, 0.3) is 0 Å². The Balaban J connectivity index is 2.82. The van der Waals surface area contributed by atoms with E-state index in [4.69, 9.17) is 5.11 Å². The molecule has 0 saturated carbocycles. The molecule has 0 unspecified atom stereocenters. The van der Waals surface area contributed by atoms with Gasteiger partial charge in [-0.15, -0.1) is 0 Å². The molecule has 3 heteroatoms. The zero-order chi connectivity index (χ0) is 8.97. The molecule has 1 heterocycles. The maximum Gasteiger partial charge on any atom is 0.131 e. The molecule has 0 fully saturated rings. The molecule has 0 bridgehead atoms. The molecule has 2 N–H and O–H groups in total. The molecule has 0 spiro atoms. The summed E-state index contributed by atoms with van der Waals surface area (Å²) in [5, 5.41) is 12.1. The number of rotatable bonds is 3. The van der Waals surface area contributed by atoms with Gasteiger partial charge in [0.05, 0.1) is 6.61 Å². The third kappa shape index (κ3) is 2.20. The molecular weight excluding hydrogens is 152 g/mol. The average Bonchev–Trinajstić information content (AvgIpc) is 2.04. The molecule has 66 valence electrons. The average molecular weight is 166 g/mol. The van der Waals surface area contributed by atoms with Crippen molar-refractivity contribution >= 4 is 5.82 Å². The summed E-state index contributed by atoms with van der Waals surface area (Å²) in [5.41, 5.74) is 0.839. The minimum absolute atomic E-state index is 0.0306. The van der Waals surface area contributed by atoms with Crippen LogP contribution in [0.4, 0.5) is 5.82 Å². The van der Waals surface area contributed by atoms with Gasteiger partial charge < -0.3 is 10.4 Å². The highest BCUT2D eigenvalue weighted by atomic mass is 16.3. The first-order valence-electron chi connectivity index (χ1n) is 4.05. The number of nitrogens with one attached hydrogen (secondary N) is 1. The molecule has 12 heavy (non-hydrogen) atoms. The Hall–Kier alpha value is -1.09. The Labute approximate surface area is 72.5 Å². The molecule has 0 atom stereocenters. The molecule has 1 aromatic heterocycles. The van der Waals surface area contributed by atoms with Crippen LogP contribution < -0.4 is 5.32 Å². The fourth-order valence-corrected chi connectivity index (χ4v) is 0.970. The lowest BCUT2D eigenvalue weighted by Gasteiger charge is -2.11. The normalized spacial score (nSPS) is 10.3. The van der Waals surface area contributed by atoms with Gasteiger partial charge in [-0.3, -0.25) is 0 Å². The van der Waals surface area contributed by atoms with Gasteiger partial charge >= 0.3 is 0 Å². The summed E-state index contributed by atoms with van der Waals surface area (Å²) in [6, 6.07) is 4.01. The number of aromatic nitrogens is 1. The van der Waals surface area contributed by atoms with E-state index >= 15 is 0 Å². The Kier molecular flexibility index (Phi) is 3.05. The lowest BCUT2D eigenvalue weighted by atomic mass is 10.2. The number of hydrogen-bond acceptors (Lipinski definition) is 3. The largest absolute Gasteiger partial charge is 0.392 e. The van der Waals surface area contributed by atoms with E-state index in [2.05, 4.69) is 10.3 Å². The Morgan fingerprint density at radius 3 is 2.92 bits per heavy atom. The maximum atomic E-state index is 8.95. The number of anilines is 1. The number of aliphatic hydroxyl groups excluding tert-OH is 1. The minimum Gasteiger partial charge on any atom is -0.392 e. The van der Waals surface area contributed by atoms with Gasteiger partial charge in [-0.25, -0.2) is 4.98 Å². The highest BCUT2D eigenvalue weighted by Crippen LogP contribution is 2.11. The van der Waals surface area contributed by atoms with E-state index in [1.54, 1.807) is 6.20 Å². The van der Waals surface area contributed by atoms with Crippen LogP contribution in [0.2, 0.25) is 0 Å². The summed E-state index contributed by atoms with van der Waals surface area (Å²) in [6.07, 6.45) is 1.71. The summed E-state index contributed by atoms with van der Waals surface area (Å²) in [7, 11) is 0. The van der Waals surface area contributed by atoms with Crippen LogP contribution in [-0.4, -0.2) is 16.1 Å². The van der Waals surface area contributed by atoms with E-state index in [0.717, 1.165) is 11.4 Å². The number of nitrogens with zero attached hydrogens (tertiary/aromatic N) is 1. The minimum atomic E-state index is 0.0306. The fraction of sp³-hybridized carbons (Fsp3) is 0.444. The smallest absolute Gasteiger partial charge is 0.131 e. The van der Waals surface area contributed by atoms with E-state index in [0.29, 0.717) is 6.04 Å². The van der Waals surface area contributed by atoms with Crippen molar-refractivity contribution in [2.75, 3.05) is 5.32 Å². The molecule has 0 aliphatic rings. The lowest BCUT2D eigenvalue weighted by molar-refractivity contribution is 0.282. The zero-order valence-electron chi connectivity index (χ0n) is 7.41. The second-order valence-corrected chi connectivity index (χ2v) is 2.97. The first kappa shape index (κ1) is 9.00. The highest BCUT2D eigenvalue weighted by Gasteiger charge is 2.01. The van der Waals surface area contributed by atoms with Crippen LogP contribution in [-0.2, 0) is 6.61 Å². The van der Waals surface area contributed by atoms with E-state index in [1.807, 2.05) is 26.0 Å². The van der Waals surface area contributed by atoms with Crippen LogP contribution in [0.15, 0.2) is 18.3 Å². The topological polar surface area (TPSA) is 45.2 Å². The van der Waals surface area contributed by atoms with Crippen LogP contribution >= 0.6 is 0 Å². The van der Waals surface area contributed by atoms with Crippen LogP contribution in [0.3, 0.4) is 0 Å². The van der Waals surface area contributed by atoms with E-state index in [-0.39, 0.29) is 6.61 Å². The molecule has 1 rings (SSSR count). The van der Waals surface area contributed by atoms with Crippen molar-refractivity contribution in [2.24, 2.45) is 0 Å². The van der Waals surface area contributed by atoms with Gasteiger partial charge in [0, 0.05) is 17.8 Å². The third-order valence-electron chi connectivity index (χ3n) is 1.49. The monoisotopic (exact) mass is 166 g/mol. The molecule has 1 aromatic rings.